The highest BCUT2D eigenvalue weighted by Crippen LogP contribution is 2.28. The average Bonchev–Trinajstić information content (AvgIpc) is 3.03. The van der Waals surface area contributed by atoms with Crippen molar-refractivity contribution < 1.29 is 18.7 Å². The molecule has 1 saturated heterocycles. The van der Waals surface area contributed by atoms with Gasteiger partial charge in [-0.1, -0.05) is 12.1 Å². The highest BCUT2D eigenvalue weighted by molar-refractivity contribution is 7.99. The van der Waals surface area contributed by atoms with Crippen molar-refractivity contribution in [1.82, 2.24) is 5.32 Å². The first-order valence-corrected chi connectivity index (χ1v) is 8.87. The molecule has 1 aromatic heterocycles. The molecule has 6 heteroatoms. The number of ether oxygens (including phenoxy) is 2. The van der Waals surface area contributed by atoms with Crippen molar-refractivity contribution in [2.75, 3.05) is 32.6 Å². The minimum atomic E-state index is -0.184. The molecule has 1 aromatic carbocycles. The van der Waals surface area contributed by atoms with Crippen LogP contribution in [-0.2, 0) is 4.74 Å². The molecule has 1 fully saturated rings. The first-order chi connectivity index (χ1) is 11.3. The topological polar surface area (TPSA) is 60.7 Å². The van der Waals surface area contributed by atoms with Gasteiger partial charge in [0, 0.05) is 36.1 Å². The van der Waals surface area contributed by atoms with Gasteiger partial charge in [0.05, 0.1) is 7.11 Å². The second kappa shape index (κ2) is 7.75. The zero-order valence-corrected chi connectivity index (χ0v) is 14.0. The Balaban J connectivity index is 1.52. The van der Waals surface area contributed by atoms with Gasteiger partial charge in [-0.2, -0.15) is 11.8 Å². The molecular weight excluding hydrogens is 314 g/mol. The summed E-state index contributed by atoms with van der Waals surface area (Å²) in [4.78, 5) is 12.2. The number of hydrogen-bond acceptors (Lipinski definition) is 5. The number of rotatable bonds is 6. The van der Waals surface area contributed by atoms with Gasteiger partial charge >= 0.3 is 0 Å². The third kappa shape index (κ3) is 4.00. The highest BCUT2D eigenvalue weighted by Gasteiger charge is 2.16. The van der Waals surface area contributed by atoms with Crippen molar-refractivity contribution >= 4 is 28.6 Å². The van der Waals surface area contributed by atoms with Crippen LogP contribution in [0.4, 0.5) is 0 Å². The minimum Gasteiger partial charge on any atom is -0.493 e. The van der Waals surface area contributed by atoms with Gasteiger partial charge < -0.3 is 19.2 Å². The predicted molar refractivity (Wildman–Crippen MR) is 91.4 cm³/mol. The van der Waals surface area contributed by atoms with Crippen molar-refractivity contribution in [3.63, 3.8) is 0 Å². The van der Waals surface area contributed by atoms with E-state index in [0.717, 1.165) is 37.2 Å². The van der Waals surface area contributed by atoms with E-state index in [1.54, 1.807) is 13.2 Å². The Labute approximate surface area is 139 Å². The fraction of sp³-hybridized carbons (Fsp3) is 0.471. The quantitative estimate of drug-likeness (QED) is 0.822. The second-order valence-electron chi connectivity index (χ2n) is 5.43. The molecule has 1 amide bonds. The van der Waals surface area contributed by atoms with Crippen LogP contribution in [0.25, 0.3) is 11.0 Å². The van der Waals surface area contributed by atoms with Crippen molar-refractivity contribution in [2.45, 2.75) is 18.1 Å². The average molecular weight is 335 g/mol. The van der Waals surface area contributed by atoms with E-state index in [9.17, 15) is 4.79 Å². The molecule has 1 aliphatic rings. The molecule has 0 unspecified atom stereocenters. The van der Waals surface area contributed by atoms with E-state index < -0.39 is 0 Å². The number of thioether (sulfide) groups is 1. The van der Waals surface area contributed by atoms with Crippen LogP contribution >= 0.6 is 11.8 Å². The van der Waals surface area contributed by atoms with Gasteiger partial charge in [0.15, 0.2) is 17.1 Å². The summed E-state index contributed by atoms with van der Waals surface area (Å²) in [7, 11) is 1.59. The Morgan fingerprint density at radius 3 is 3.00 bits per heavy atom. The van der Waals surface area contributed by atoms with Crippen molar-refractivity contribution in [2.24, 2.45) is 0 Å². The molecule has 1 aliphatic heterocycles. The van der Waals surface area contributed by atoms with Gasteiger partial charge in [-0.05, 0) is 25.0 Å². The highest BCUT2D eigenvalue weighted by atomic mass is 32.2. The van der Waals surface area contributed by atoms with E-state index in [4.69, 9.17) is 13.9 Å². The lowest BCUT2D eigenvalue weighted by atomic mass is 10.2. The van der Waals surface area contributed by atoms with Crippen LogP contribution in [-0.4, -0.2) is 43.8 Å². The van der Waals surface area contributed by atoms with Crippen LogP contribution in [0.15, 0.2) is 28.7 Å². The summed E-state index contributed by atoms with van der Waals surface area (Å²) in [6, 6.07) is 7.35. The maximum atomic E-state index is 12.2. The van der Waals surface area contributed by atoms with Gasteiger partial charge in [-0.25, -0.2) is 0 Å². The third-order valence-electron chi connectivity index (χ3n) is 3.86. The number of nitrogens with one attached hydrogen (secondary N) is 1. The van der Waals surface area contributed by atoms with Gasteiger partial charge in [-0.15, -0.1) is 0 Å². The summed E-state index contributed by atoms with van der Waals surface area (Å²) in [6.07, 6.45) is 2.20. The van der Waals surface area contributed by atoms with Gasteiger partial charge in [0.25, 0.3) is 5.91 Å². The van der Waals surface area contributed by atoms with Crippen molar-refractivity contribution in [3.8, 4) is 5.75 Å². The summed E-state index contributed by atoms with van der Waals surface area (Å²) in [6.45, 7) is 2.34. The molecule has 0 radical (unpaired) electrons. The number of carbonyl (C=O) groups is 1. The van der Waals surface area contributed by atoms with E-state index in [-0.39, 0.29) is 5.91 Å². The second-order valence-corrected chi connectivity index (χ2v) is 6.84. The van der Waals surface area contributed by atoms with Crippen molar-refractivity contribution in [3.05, 3.63) is 30.0 Å². The molecule has 23 heavy (non-hydrogen) atoms. The summed E-state index contributed by atoms with van der Waals surface area (Å²) < 4.78 is 16.2. The molecule has 1 N–H and O–H groups in total. The number of furan rings is 1. The summed E-state index contributed by atoms with van der Waals surface area (Å²) in [5.41, 5.74) is 0.608. The lowest BCUT2D eigenvalue weighted by Crippen LogP contribution is -2.26. The van der Waals surface area contributed by atoms with E-state index in [1.165, 1.54) is 0 Å². The Hall–Kier alpha value is -1.66. The Kier molecular flexibility index (Phi) is 5.46. The summed E-state index contributed by atoms with van der Waals surface area (Å²) in [5, 5.41) is 4.43. The Morgan fingerprint density at radius 2 is 2.22 bits per heavy atom. The molecule has 2 aromatic rings. The normalized spacial score (nSPS) is 15.7. The first kappa shape index (κ1) is 16.2. The first-order valence-electron chi connectivity index (χ1n) is 7.82. The molecule has 0 saturated carbocycles. The number of para-hydroxylation sites is 1. The molecule has 2 heterocycles. The molecule has 0 bridgehead atoms. The fourth-order valence-electron chi connectivity index (χ4n) is 2.63. The number of amides is 1. The van der Waals surface area contributed by atoms with Crippen LogP contribution in [0.3, 0.4) is 0 Å². The largest absolute Gasteiger partial charge is 0.493 e. The smallest absolute Gasteiger partial charge is 0.287 e. The SMILES string of the molecule is COc1cccc2cc(C(=O)NCCSC3CCOCC3)oc12. The van der Waals surface area contributed by atoms with Crippen LogP contribution in [0.2, 0.25) is 0 Å². The van der Waals surface area contributed by atoms with Crippen LogP contribution < -0.4 is 10.1 Å². The van der Waals surface area contributed by atoms with Crippen LogP contribution in [0, 0.1) is 0 Å². The maximum absolute atomic E-state index is 12.2. The zero-order valence-electron chi connectivity index (χ0n) is 13.2. The van der Waals surface area contributed by atoms with Crippen molar-refractivity contribution in [1.29, 1.82) is 0 Å². The number of benzene rings is 1. The summed E-state index contributed by atoms with van der Waals surface area (Å²) >= 11 is 1.90. The molecule has 124 valence electrons. The number of fused-ring (bicyclic) bond motifs is 1. The van der Waals surface area contributed by atoms with E-state index in [0.29, 0.717) is 28.9 Å². The Bertz CT molecular complexity index is 664. The molecule has 0 spiro atoms. The predicted octanol–water partition coefficient (Wildman–Crippen LogP) is 3.08. The summed E-state index contributed by atoms with van der Waals surface area (Å²) in [5.74, 6) is 1.67. The van der Waals surface area contributed by atoms with E-state index in [2.05, 4.69) is 5.32 Å². The lowest BCUT2D eigenvalue weighted by Gasteiger charge is -2.21. The molecule has 3 rings (SSSR count). The van der Waals surface area contributed by atoms with E-state index >= 15 is 0 Å². The number of hydrogen-bond donors (Lipinski definition) is 1. The molecule has 5 nitrogen and oxygen atoms in total. The van der Waals surface area contributed by atoms with E-state index in [1.807, 2.05) is 30.0 Å². The molecule has 0 atom stereocenters. The standard InChI is InChI=1S/C17H21NO4S/c1-20-14-4-2-3-12-11-15(22-16(12)14)17(19)18-7-10-23-13-5-8-21-9-6-13/h2-4,11,13H,5-10H2,1H3,(H,18,19). The zero-order chi connectivity index (χ0) is 16.1. The molecular formula is C17H21NO4S. The number of carbonyl (C=O) groups excluding carboxylic acids is 1. The number of methoxy groups -OCH3 is 1. The lowest BCUT2D eigenvalue weighted by molar-refractivity contribution is 0.0930. The minimum absolute atomic E-state index is 0.184. The van der Waals surface area contributed by atoms with Gasteiger partial charge in [0.2, 0.25) is 0 Å². The van der Waals surface area contributed by atoms with Crippen LogP contribution in [0.5, 0.6) is 5.75 Å². The maximum Gasteiger partial charge on any atom is 0.287 e. The third-order valence-corrected chi connectivity index (χ3v) is 5.24. The van der Waals surface area contributed by atoms with Gasteiger partial charge in [-0.3, -0.25) is 4.79 Å². The molecule has 0 aliphatic carbocycles. The Morgan fingerprint density at radius 1 is 1.39 bits per heavy atom. The fourth-order valence-corrected chi connectivity index (χ4v) is 3.71. The van der Waals surface area contributed by atoms with Gasteiger partial charge in [0.1, 0.15) is 0 Å². The van der Waals surface area contributed by atoms with Crippen LogP contribution in [0.1, 0.15) is 23.4 Å². The monoisotopic (exact) mass is 335 g/mol.